The zero-order valence-corrected chi connectivity index (χ0v) is 17.6. The molecule has 1 saturated heterocycles. The predicted molar refractivity (Wildman–Crippen MR) is 117 cm³/mol. The number of rotatable bonds is 4. The van der Waals surface area contributed by atoms with Crippen molar-refractivity contribution in [3.8, 4) is 0 Å². The minimum Gasteiger partial charge on any atom is -0.326 e. The topological polar surface area (TPSA) is 64.7 Å². The largest absolute Gasteiger partial charge is 0.326 e. The third-order valence-corrected chi connectivity index (χ3v) is 5.30. The molecule has 3 amide bonds. The molecule has 3 rings (SSSR count). The minimum absolute atomic E-state index is 0.000850. The number of anilines is 2. The number of piperazine rings is 1. The maximum absolute atomic E-state index is 13.2. The molecule has 2 N–H and O–H groups in total. The molecular weight excluding hydrogens is 364 g/mol. The standard InChI is InChI=1S/C23H30N4O2/c1-16(2)22(28)24-19-11-10-17(3)20(14-19)25-23(29)27-13-12-26(4)15-21(27)18-8-6-5-7-9-18/h5-11,14,16,21H,12-13,15H2,1-4H3,(H,24,28)(H,25,29). The molecule has 154 valence electrons. The van der Waals surface area contributed by atoms with Crippen LogP contribution in [0.1, 0.15) is 31.0 Å². The second kappa shape index (κ2) is 9.09. The van der Waals surface area contributed by atoms with E-state index in [9.17, 15) is 9.59 Å². The normalized spacial score (nSPS) is 17.3. The quantitative estimate of drug-likeness (QED) is 0.820. The van der Waals surface area contributed by atoms with Crippen LogP contribution in [-0.2, 0) is 4.79 Å². The first kappa shape index (κ1) is 20.9. The van der Waals surface area contributed by atoms with Crippen molar-refractivity contribution in [1.82, 2.24) is 9.80 Å². The molecule has 1 aliphatic heterocycles. The Kier molecular flexibility index (Phi) is 6.54. The number of hydrogen-bond acceptors (Lipinski definition) is 3. The SMILES string of the molecule is Cc1ccc(NC(=O)C(C)C)cc1NC(=O)N1CCN(C)CC1c1ccccc1. The van der Waals surface area contributed by atoms with Crippen LogP contribution < -0.4 is 10.6 Å². The second-order valence-corrected chi connectivity index (χ2v) is 7.99. The first-order valence-electron chi connectivity index (χ1n) is 10.1. The lowest BCUT2D eigenvalue weighted by atomic mass is 10.0. The van der Waals surface area contributed by atoms with E-state index >= 15 is 0 Å². The molecule has 1 unspecified atom stereocenters. The first-order valence-corrected chi connectivity index (χ1v) is 10.1. The summed E-state index contributed by atoms with van der Waals surface area (Å²) in [6.07, 6.45) is 0. The van der Waals surface area contributed by atoms with Gasteiger partial charge in [-0.05, 0) is 37.2 Å². The molecule has 1 aliphatic rings. The Balaban J connectivity index is 1.78. The van der Waals surface area contributed by atoms with Gasteiger partial charge in [-0.25, -0.2) is 4.79 Å². The van der Waals surface area contributed by atoms with Crippen LogP contribution in [0.3, 0.4) is 0 Å². The number of carbonyl (C=O) groups is 2. The lowest BCUT2D eigenvalue weighted by Gasteiger charge is -2.40. The molecule has 29 heavy (non-hydrogen) atoms. The number of nitrogens with zero attached hydrogens (tertiary/aromatic N) is 2. The van der Waals surface area contributed by atoms with Gasteiger partial charge in [-0.3, -0.25) is 4.79 Å². The zero-order valence-electron chi connectivity index (χ0n) is 17.6. The van der Waals surface area contributed by atoms with Gasteiger partial charge in [0.25, 0.3) is 0 Å². The number of carbonyl (C=O) groups excluding carboxylic acids is 2. The molecular formula is C23H30N4O2. The summed E-state index contributed by atoms with van der Waals surface area (Å²) in [5.41, 5.74) is 3.47. The highest BCUT2D eigenvalue weighted by molar-refractivity contribution is 5.95. The Labute approximate surface area is 172 Å². The number of likely N-dealkylation sites (N-methyl/N-ethyl adjacent to an activating group) is 1. The summed E-state index contributed by atoms with van der Waals surface area (Å²) >= 11 is 0. The van der Waals surface area contributed by atoms with Crippen LogP contribution in [0.5, 0.6) is 0 Å². The first-order chi connectivity index (χ1) is 13.8. The Morgan fingerprint density at radius 1 is 1.03 bits per heavy atom. The molecule has 0 bridgehead atoms. The van der Waals surface area contributed by atoms with Gasteiger partial charge in [0.05, 0.1) is 6.04 Å². The maximum Gasteiger partial charge on any atom is 0.322 e. The van der Waals surface area contributed by atoms with Crippen molar-refractivity contribution in [2.45, 2.75) is 26.8 Å². The number of nitrogens with one attached hydrogen (secondary N) is 2. The molecule has 0 aliphatic carbocycles. The van der Waals surface area contributed by atoms with Gasteiger partial charge < -0.3 is 20.4 Å². The van der Waals surface area contributed by atoms with Crippen LogP contribution in [0, 0.1) is 12.8 Å². The zero-order chi connectivity index (χ0) is 21.0. The van der Waals surface area contributed by atoms with E-state index in [0.717, 1.165) is 24.2 Å². The van der Waals surface area contributed by atoms with Crippen LogP contribution in [-0.4, -0.2) is 48.4 Å². The van der Waals surface area contributed by atoms with Crippen LogP contribution >= 0.6 is 0 Å². The molecule has 0 radical (unpaired) electrons. The van der Waals surface area contributed by atoms with Crippen molar-refractivity contribution in [2.75, 3.05) is 37.3 Å². The fraction of sp³-hybridized carbons (Fsp3) is 0.391. The highest BCUT2D eigenvalue weighted by Crippen LogP contribution is 2.27. The van der Waals surface area contributed by atoms with Gasteiger partial charge in [0.1, 0.15) is 0 Å². The summed E-state index contributed by atoms with van der Waals surface area (Å²) in [4.78, 5) is 29.3. The van der Waals surface area contributed by atoms with Crippen molar-refractivity contribution in [3.05, 3.63) is 59.7 Å². The third-order valence-electron chi connectivity index (χ3n) is 5.30. The van der Waals surface area contributed by atoms with Crippen LogP contribution in [0.25, 0.3) is 0 Å². The molecule has 6 nitrogen and oxygen atoms in total. The highest BCUT2D eigenvalue weighted by Gasteiger charge is 2.30. The van der Waals surface area contributed by atoms with Crippen molar-refractivity contribution in [1.29, 1.82) is 0 Å². The predicted octanol–water partition coefficient (Wildman–Crippen LogP) is 4.11. The molecule has 6 heteroatoms. The van der Waals surface area contributed by atoms with Crippen LogP contribution in [0.4, 0.5) is 16.2 Å². The van der Waals surface area contributed by atoms with Gasteiger partial charge in [-0.2, -0.15) is 0 Å². The lowest BCUT2D eigenvalue weighted by molar-refractivity contribution is -0.118. The fourth-order valence-corrected chi connectivity index (χ4v) is 3.43. The van der Waals surface area contributed by atoms with Gasteiger partial charge in [-0.1, -0.05) is 50.2 Å². The monoisotopic (exact) mass is 394 g/mol. The van der Waals surface area contributed by atoms with Gasteiger partial charge in [0.15, 0.2) is 0 Å². The van der Waals surface area contributed by atoms with Gasteiger partial charge >= 0.3 is 6.03 Å². The van der Waals surface area contributed by atoms with E-state index in [1.807, 2.05) is 62.1 Å². The summed E-state index contributed by atoms with van der Waals surface area (Å²) < 4.78 is 0. The summed E-state index contributed by atoms with van der Waals surface area (Å²) in [6.45, 7) is 7.93. The highest BCUT2D eigenvalue weighted by atomic mass is 16.2. The van der Waals surface area contributed by atoms with Crippen LogP contribution in [0.2, 0.25) is 0 Å². The minimum atomic E-state index is -0.123. The molecule has 1 atom stereocenters. The summed E-state index contributed by atoms with van der Waals surface area (Å²) in [7, 11) is 2.08. The smallest absolute Gasteiger partial charge is 0.322 e. The van der Waals surface area contributed by atoms with Gasteiger partial charge in [-0.15, -0.1) is 0 Å². The molecule has 2 aromatic carbocycles. The van der Waals surface area contributed by atoms with E-state index < -0.39 is 0 Å². The maximum atomic E-state index is 13.2. The summed E-state index contributed by atoms with van der Waals surface area (Å²) in [5, 5.41) is 5.95. The van der Waals surface area contributed by atoms with E-state index in [1.54, 1.807) is 0 Å². The summed E-state index contributed by atoms with van der Waals surface area (Å²) in [5.74, 6) is -0.152. The molecule has 2 aromatic rings. The fourth-order valence-electron chi connectivity index (χ4n) is 3.43. The lowest BCUT2D eigenvalue weighted by Crippen LogP contribution is -2.50. The number of urea groups is 1. The van der Waals surface area contributed by atoms with Crippen molar-refractivity contribution < 1.29 is 9.59 Å². The van der Waals surface area contributed by atoms with Gasteiger partial charge in [0.2, 0.25) is 5.91 Å². The molecule has 0 saturated carbocycles. The molecule has 1 heterocycles. The van der Waals surface area contributed by atoms with Crippen molar-refractivity contribution >= 4 is 23.3 Å². The second-order valence-electron chi connectivity index (χ2n) is 7.99. The summed E-state index contributed by atoms with van der Waals surface area (Å²) in [6, 6.07) is 15.6. The van der Waals surface area contributed by atoms with E-state index in [-0.39, 0.29) is 23.9 Å². The van der Waals surface area contributed by atoms with Gasteiger partial charge in [0, 0.05) is 36.9 Å². The van der Waals surface area contributed by atoms with E-state index in [1.165, 1.54) is 0 Å². The number of hydrogen-bond donors (Lipinski definition) is 2. The van der Waals surface area contributed by atoms with E-state index in [2.05, 4.69) is 34.7 Å². The van der Waals surface area contributed by atoms with Crippen molar-refractivity contribution in [3.63, 3.8) is 0 Å². The number of amides is 3. The molecule has 0 spiro atoms. The molecule has 0 aromatic heterocycles. The van der Waals surface area contributed by atoms with Crippen molar-refractivity contribution in [2.24, 2.45) is 5.92 Å². The third kappa shape index (κ3) is 5.15. The Hall–Kier alpha value is -2.86. The number of benzene rings is 2. The average Bonchev–Trinajstić information content (AvgIpc) is 2.70. The van der Waals surface area contributed by atoms with E-state index in [4.69, 9.17) is 0 Å². The number of aryl methyl sites for hydroxylation is 1. The Morgan fingerprint density at radius 3 is 2.45 bits per heavy atom. The average molecular weight is 395 g/mol. The molecule has 1 fully saturated rings. The van der Waals surface area contributed by atoms with Crippen LogP contribution in [0.15, 0.2) is 48.5 Å². The Morgan fingerprint density at radius 2 is 1.76 bits per heavy atom. The Bertz CT molecular complexity index is 866. The van der Waals surface area contributed by atoms with E-state index in [0.29, 0.717) is 17.9 Å².